The molecule has 0 spiro atoms. The fourth-order valence-corrected chi connectivity index (χ4v) is 2.65. The normalized spacial score (nSPS) is 10.7. The topological polar surface area (TPSA) is 68.0 Å². The second kappa shape index (κ2) is 7.88. The largest absolute Gasteiger partial charge is 0.398 e. The molecule has 0 aliphatic heterocycles. The zero-order chi connectivity index (χ0) is 15.1. The number of carbonyl (C=O) groups is 1. The fraction of sp³-hybridized carbons (Fsp3) is 0.375. The summed E-state index contributed by atoms with van der Waals surface area (Å²) in [4.78, 5) is 16.5. The first-order chi connectivity index (χ1) is 10.2. The first kappa shape index (κ1) is 15.6. The Balaban J connectivity index is 1.93. The highest BCUT2D eigenvalue weighted by Crippen LogP contribution is 2.19. The SMILES string of the molecule is CSCCCCCNC(=O)c1cc(N)c2ccccc2n1. The quantitative estimate of drug-likeness (QED) is 0.771. The Bertz CT molecular complexity index is 615. The molecule has 21 heavy (non-hydrogen) atoms. The molecule has 5 heteroatoms. The van der Waals surface area contributed by atoms with E-state index in [2.05, 4.69) is 16.6 Å². The third kappa shape index (κ3) is 4.36. The third-order valence-corrected chi connectivity index (χ3v) is 3.99. The van der Waals surface area contributed by atoms with Crippen molar-refractivity contribution in [3.05, 3.63) is 36.0 Å². The van der Waals surface area contributed by atoms with Crippen molar-refractivity contribution in [2.24, 2.45) is 0 Å². The van der Waals surface area contributed by atoms with Gasteiger partial charge in [0.25, 0.3) is 5.91 Å². The number of rotatable bonds is 7. The summed E-state index contributed by atoms with van der Waals surface area (Å²) < 4.78 is 0. The summed E-state index contributed by atoms with van der Waals surface area (Å²) in [5, 5.41) is 3.78. The van der Waals surface area contributed by atoms with Crippen LogP contribution in [0.15, 0.2) is 30.3 Å². The summed E-state index contributed by atoms with van der Waals surface area (Å²) in [6.07, 6.45) is 5.43. The number of aromatic nitrogens is 1. The van der Waals surface area contributed by atoms with E-state index in [0.29, 0.717) is 17.9 Å². The Morgan fingerprint density at radius 1 is 1.29 bits per heavy atom. The van der Waals surface area contributed by atoms with Crippen LogP contribution in [-0.4, -0.2) is 29.4 Å². The Hall–Kier alpha value is -1.75. The first-order valence-corrected chi connectivity index (χ1v) is 8.54. The van der Waals surface area contributed by atoms with Gasteiger partial charge in [0.15, 0.2) is 0 Å². The summed E-state index contributed by atoms with van der Waals surface area (Å²) in [5.41, 5.74) is 7.71. The number of carbonyl (C=O) groups excluding carboxylic acids is 1. The van der Waals surface area contributed by atoms with Gasteiger partial charge in [0.2, 0.25) is 0 Å². The van der Waals surface area contributed by atoms with Crippen molar-refractivity contribution >= 4 is 34.3 Å². The second-order valence-electron chi connectivity index (χ2n) is 4.92. The number of unbranched alkanes of at least 4 members (excludes halogenated alkanes) is 2. The zero-order valence-electron chi connectivity index (χ0n) is 12.3. The summed E-state index contributed by atoms with van der Waals surface area (Å²) in [7, 11) is 0. The number of nitrogens with zero attached hydrogens (tertiary/aromatic N) is 1. The number of benzene rings is 1. The van der Waals surface area contributed by atoms with E-state index in [4.69, 9.17) is 5.73 Å². The lowest BCUT2D eigenvalue weighted by molar-refractivity contribution is 0.0948. The third-order valence-electron chi connectivity index (χ3n) is 3.29. The van der Waals surface area contributed by atoms with Crippen molar-refractivity contribution in [2.75, 3.05) is 24.3 Å². The zero-order valence-corrected chi connectivity index (χ0v) is 13.1. The maximum atomic E-state index is 12.1. The number of nitrogen functional groups attached to an aromatic ring is 1. The number of nitrogens with one attached hydrogen (secondary N) is 1. The molecule has 1 amide bonds. The number of para-hydroxylation sites is 1. The Morgan fingerprint density at radius 3 is 2.90 bits per heavy atom. The van der Waals surface area contributed by atoms with Gasteiger partial charge in [0.05, 0.1) is 5.52 Å². The molecule has 0 bridgehead atoms. The summed E-state index contributed by atoms with van der Waals surface area (Å²) in [6.45, 7) is 0.682. The molecule has 0 unspecified atom stereocenters. The molecule has 0 radical (unpaired) electrons. The molecule has 0 atom stereocenters. The molecule has 0 aliphatic rings. The van der Waals surface area contributed by atoms with E-state index in [-0.39, 0.29) is 5.91 Å². The molecule has 2 aromatic rings. The van der Waals surface area contributed by atoms with Crippen molar-refractivity contribution in [3.8, 4) is 0 Å². The van der Waals surface area contributed by atoms with Gasteiger partial charge in [-0.1, -0.05) is 24.6 Å². The van der Waals surface area contributed by atoms with Crippen molar-refractivity contribution in [1.82, 2.24) is 10.3 Å². The lowest BCUT2D eigenvalue weighted by Crippen LogP contribution is -2.25. The highest BCUT2D eigenvalue weighted by atomic mass is 32.2. The molecule has 1 heterocycles. The number of anilines is 1. The fourth-order valence-electron chi connectivity index (χ4n) is 2.16. The number of hydrogen-bond donors (Lipinski definition) is 2. The van der Waals surface area contributed by atoms with Gasteiger partial charge in [0, 0.05) is 17.6 Å². The lowest BCUT2D eigenvalue weighted by atomic mass is 10.1. The molecular formula is C16H21N3OS. The van der Waals surface area contributed by atoms with E-state index >= 15 is 0 Å². The molecule has 3 N–H and O–H groups in total. The predicted octanol–water partition coefficient (Wildman–Crippen LogP) is 3.08. The van der Waals surface area contributed by atoms with Crippen LogP contribution in [0.1, 0.15) is 29.8 Å². The predicted molar refractivity (Wildman–Crippen MR) is 90.7 cm³/mol. The summed E-state index contributed by atoms with van der Waals surface area (Å²) in [6, 6.07) is 9.22. The minimum atomic E-state index is -0.155. The number of thioether (sulfide) groups is 1. The molecular weight excluding hydrogens is 282 g/mol. The van der Waals surface area contributed by atoms with Crippen LogP contribution < -0.4 is 11.1 Å². The summed E-state index contributed by atoms with van der Waals surface area (Å²) in [5.74, 6) is 1.02. The average Bonchev–Trinajstić information content (AvgIpc) is 2.50. The van der Waals surface area contributed by atoms with Gasteiger partial charge in [-0.3, -0.25) is 4.79 Å². The molecule has 1 aromatic heterocycles. The number of amides is 1. The van der Waals surface area contributed by atoms with Crippen LogP contribution in [0.3, 0.4) is 0 Å². The van der Waals surface area contributed by atoms with Gasteiger partial charge < -0.3 is 11.1 Å². The second-order valence-corrected chi connectivity index (χ2v) is 5.91. The maximum Gasteiger partial charge on any atom is 0.269 e. The Labute approximate surface area is 129 Å². The molecule has 1 aromatic carbocycles. The van der Waals surface area contributed by atoms with Crippen LogP contribution in [0.25, 0.3) is 10.9 Å². The van der Waals surface area contributed by atoms with E-state index in [9.17, 15) is 4.79 Å². The molecule has 0 aliphatic carbocycles. The Kier molecular flexibility index (Phi) is 5.87. The van der Waals surface area contributed by atoms with Gasteiger partial charge in [-0.25, -0.2) is 4.98 Å². The van der Waals surface area contributed by atoms with E-state index in [0.717, 1.165) is 23.7 Å². The Morgan fingerprint density at radius 2 is 2.10 bits per heavy atom. The molecule has 0 saturated heterocycles. The van der Waals surface area contributed by atoms with E-state index in [1.54, 1.807) is 6.07 Å². The van der Waals surface area contributed by atoms with E-state index < -0.39 is 0 Å². The molecule has 112 valence electrons. The van der Waals surface area contributed by atoms with Gasteiger partial charge >= 0.3 is 0 Å². The standard InChI is InChI=1S/C16H21N3OS/c1-21-10-6-2-5-9-18-16(20)15-11-13(17)12-7-3-4-8-14(12)19-15/h3-4,7-8,11H,2,5-6,9-10H2,1H3,(H2,17,19)(H,18,20). The van der Waals surface area contributed by atoms with E-state index in [1.807, 2.05) is 36.0 Å². The lowest BCUT2D eigenvalue weighted by Gasteiger charge is -2.07. The first-order valence-electron chi connectivity index (χ1n) is 7.15. The van der Waals surface area contributed by atoms with Crippen molar-refractivity contribution in [3.63, 3.8) is 0 Å². The van der Waals surface area contributed by atoms with Crippen LogP contribution in [0.5, 0.6) is 0 Å². The summed E-state index contributed by atoms with van der Waals surface area (Å²) >= 11 is 1.85. The van der Waals surface area contributed by atoms with Crippen molar-refractivity contribution in [2.45, 2.75) is 19.3 Å². The molecule has 0 fully saturated rings. The highest BCUT2D eigenvalue weighted by Gasteiger charge is 2.09. The minimum Gasteiger partial charge on any atom is -0.398 e. The minimum absolute atomic E-state index is 0.155. The number of fused-ring (bicyclic) bond motifs is 1. The smallest absolute Gasteiger partial charge is 0.269 e. The highest BCUT2D eigenvalue weighted by molar-refractivity contribution is 7.98. The van der Waals surface area contributed by atoms with E-state index in [1.165, 1.54) is 12.2 Å². The van der Waals surface area contributed by atoms with Gasteiger partial charge in [0.1, 0.15) is 5.69 Å². The number of hydrogen-bond acceptors (Lipinski definition) is 4. The number of nitrogens with two attached hydrogens (primary N) is 1. The molecule has 0 saturated carbocycles. The monoisotopic (exact) mass is 303 g/mol. The van der Waals surface area contributed by atoms with Crippen LogP contribution >= 0.6 is 11.8 Å². The molecule has 2 rings (SSSR count). The average molecular weight is 303 g/mol. The van der Waals surface area contributed by atoms with Crippen LogP contribution in [0, 0.1) is 0 Å². The van der Waals surface area contributed by atoms with Crippen molar-refractivity contribution in [1.29, 1.82) is 0 Å². The molecule has 4 nitrogen and oxygen atoms in total. The van der Waals surface area contributed by atoms with Gasteiger partial charge in [-0.2, -0.15) is 11.8 Å². The van der Waals surface area contributed by atoms with Crippen LogP contribution in [-0.2, 0) is 0 Å². The number of pyridine rings is 1. The van der Waals surface area contributed by atoms with Gasteiger partial charge in [-0.05, 0) is 37.0 Å². The van der Waals surface area contributed by atoms with Crippen LogP contribution in [0.2, 0.25) is 0 Å². The van der Waals surface area contributed by atoms with Crippen LogP contribution in [0.4, 0.5) is 5.69 Å². The van der Waals surface area contributed by atoms with Gasteiger partial charge in [-0.15, -0.1) is 0 Å². The maximum absolute atomic E-state index is 12.1. The van der Waals surface area contributed by atoms with Crippen molar-refractivity contribution < 1.29 is 4.79 Å².